The molecule has 7 nitrogen and oxygen atoms in total. The third kappa shape index (κ3) is 4.47. The van der Waals surface area contributed by atoms with Gasteiger partial charge >= 0.3 is 6.16 Å². The second-order valence-electron chi connectivity index (χ2n) is 6.55. The molecular weight excluding hydrogens is 362 g/mol. The lowest BCUT2D eigenvalue weighted by molar-refractivity contribution is -0.116. The van der Waals surface area contributed by atoms with Crippen molar-refractivity contribution < 1.29 is 28.5 Å². The van der Waals surface area contributed by atoms with Gasteiger partial charge in [-0.15, -0.1) is 0 Å². The van der Waals surface area contributed by atoms with Crippen molar-refractivity contribution in [2.75, 3.05) is 26.9 Å². The molecule has 1 aliphatic heterocycles. The quantitative estimate of drug-likeness (QED) is 0.512. The number of ether oxygens (including phenoxy) is 4. The second-order valence-corrected chi connectivity index (χ2v) is 6.55. The van der Waals surface area contributed by atoms with E-state index >= 15 is 0 Å². The second kappa shape index (κ2) is 9.59. The van der Waals surface area contributed by atoms with Crippen molar-refractivity contribution in [1.82, 2.24) is 5.32 Å². The molecule has 154 valence electrons. The van der Waals surface area contributed by atoms with E-state index in [1.165, 1.54) is 0 Å². The number of benzene rings is 1. The summed E-state index contributed by atoms with van der Waals surface area (Å²) < 4.78 is 21.3. The fourth-order valence-corrected chi connectivity index (χ4v) is 3.27. The van der Waals surface area contributed by atoms with Crippen LogP contribution in [0.3, 0.4) is 0 Å². The molecule has 0 atom stereocenters. The monoisotopic (exact) mass is 391 g/mol. The molecule has 0 aromatic heterocycles. The zero-order chi connectivity index (χ0) is 20.7. The minimum atomic E-state index is -0.860. The van der Waals surface area contributed by atoms with Gasteiger partial charge < -0.3 is 24.3 Å². The highest BCUT2D eigenvalue weighted by molar-refractivity contribution is 6.24. The molecule has 1 aromatic carbocycles. The Bertz CT molecular complexity index is 751. The van der Waals surface area contributed by atoms with E-state index in [1.54, 1.807) is 13.2 Å². The molecule has 0 bridgehead atoms. The Labute approximate surface area is 166 Å². The van der Waals surface area contributed by atoms with E-state index in [2.05, 4.69) is 5.32 Å². The molecule has 0 fully saturated rings. The predicted molar refractivity (Wildman–Crippen MR) is 105 cm³/mol. The van der Waals surface area contributed by atoms with Crippen LogP contribution in [0, 0.1) is 6.92 Å². The standard InChI is InChI=1S/C21H29NO6/c1-6-21(7-2)18(28-20(24)27-12-11-26-8-3)17(19(23)22-21)15-10-9-14(4)13-16(15)25-5/h9-10,13H,6-8,11-12H2,1-5H3,(H,22,23). The number of carbonyl (C=O) groups is 2. The van der Waals surface area contributed by atoms with Gasteiger partial charge in [-0.1, -0.05) is 26.0 Å². The largest absolute Gasteiger partial charge is 0.513 e. The third-order valence-corrected chi connectivity index (χ3v) is 4.91. The first-order chi connectivity index (χ1) is 13.4. The normalized spacial score (nSPS) is 15.4. The number of hydrogen-bond acceptors (Lipinski definition) is 6. The molecule has 7 heteroatoms. The van der Waals surface area contributed by atoms with Crippen LogP contribution in [0.4, 0.5) is 4.79 Å². The van der Waals surface area contributed by atoms with E-state index in [0.29, 0.717) is 36.3 Å². The summed E-state index contributed by atoms with van der Waals surface area (Å²) in [6.07, 6.45) is 0.268. The Hall–Kier alpha value is -2.54. The molecule has 0 unspecified atom stereocenters. The number of methoxy groups -OCH3 is 1. The van der Waals surface area contributed by atoms with Gasteiger partial charge in [-0.25, -0.2) is 4.79 Å². The highest BCUT2D eigenvalue weighted by atomic mass is 16.7. The Morgan fingerprint density at radius 3 is 2.46 bits per heavy atom. The van der Waals surface area contributed by atoms with E-state index in [9.17, 15) is 9.59 Å². The van der Waals surface area contributed by atoms with E-state index in [4.69, 9.17) is 18.9 Å². The zero-order valence-electron chi connectivity index (χ0n) is 17.2. The lowest BCUT2D eigenvalue weighted by Crippen LogP contribution is -2.44. The average Bonchev–Trinajstić information content (AvgIpc) is 2.97. The molecule has 1 heterocycles. The highest BCUT2D eigenvalue weighted by Crippen LogP contribution is 2.41. The van der Waals surface area contributed by atoms with Crippen LogP contribution in [-0.2, 0) is 19.0 Å². The van der Waals surface area contributed by atoms with E-state index in [0.717, 1.165) is 5.56 Å². The first-order valence-electron chi connectivity index (χ1n) is 9.57. The van der Waals surface area contributed by atoms with Crippen LogP contribution in [-0.4, -0.2) is 44.5 Å². The molecule has 0 spiro atoms. The van der Waals surface area contributed by atoms with Gasteiger partial charge in [-0.3, -0.25) is 4.79 Å². The summed E-state index contributed by atoms with van der Waals surface area (Å²) in [4.78, 5) is 25.1. The van der Waals surface area contributed by atoms with Crippen molar-refractivity contribution in [3.05, 3.63) is 35.1 Å². The molecule has 0 aliphatic carbocycles. The van der Waals surface area contributed by atoms with Crippen LogP contribution >= 0.6 is 0 Å². The first kappa shape index (κ1) is 21.8. The molecule has 28 heavy (non-hydrogen) atoms. The molecule has 1 aromatic rings. The lowest BCUT2D eigenvalue weighted by atomic mass is 9.90. The van der Waals surface area contributed by atoms with E-state index < -0.39 is 11.7 Å². The van der Waals surface area contributed by atoms with Crippen molar-refractivity contribution in [3.8, 4) is 5.75 Å². The number of nitrogens with one attached hydrogen (secondary N) is 1. The SMILES string of the molecule is CCOCCOC(=O)OC1=C(c2ccc(C)cc2OC)C(=O)NC1(CC)CC. The average molecular weight is 391 g/mol. The molecule has 0 radical (unpaired) electrons. The van der Waals surface area contributed by atoms with Crippen LogP contribution in [0.2, 0.25) is 0 Å². The minimum absolute atomic E-state index is 0.0791. The van der Waals surface area contributed by atoms with Gasteiger partial charge in [0.2, 0.25) is 0 Å². The first-order valence-corrected chi connectivity index (χ1v) is 9.57. The number of amides is 1. The number of rotatable bonds is 9. The van der Waals surface area contributed by atoms with Crippen LogP contribution < -0.4 is 10.1 Å². The topological polar surface area (TPSA) is 83.1 Å². The maximum atomic E-state index is 12.9. The van der Waals surface area contributed by atoms with E-state index in [-0.39, 0.29) is 24.9 Å². The van der Waals surface area contributed by atoms with Gasteiger partial charge in [-0.05, 0) is 38.3 Å². The number of hydrogen-bond donors (Lipinski definition) is 1. The van der Waals surface area contributed by atoms with Crippen LogP contribution in [0.25, 0.3) is 5.57 Å². The van der Waals surface area contributed by atoms with Crippen molar-refractivity contribution in [2.45, 2.75) is 46.1 Å². The maximum absolute atomic E-state index is 12.9. The lowest BCUT2D eigenvalue weighted by Gasteiger charge is -2.28. The summed E-state index contributed by atoms with van der Waals surface area (Å²) in [7, 11) is 1.54. The van der Waals surface area contributed by atoms with Gasteiger partial charge in [0, 0.05) is 12.2 Å². The summed E-state index contributed by atoms with van der Waals surface area (Å²) in [6, 6.07) is 5.52. The Kier molecular flexibility index (Phi) is 7.45. The van der Waals surface area contributed by atoms with Crippen molar-refractivity contribution in [3.63, 3.8) is 0 Å². The molecular formula is C21H29NO6. The van der Waals surface area contributed by atoms with Crippen LogP contribution in [0.1, 0.15) is 44.7 Å². The third-order valence-electron chi connectivity index (χ3n) is 4.91. The smallest absolute Gasteiger partial charge is 0.496 e. The summed E-state index contributed by atoms with van der Waals surface area (Å²) >= 11 is 0. The van der Waals surface area contributed by atoms with Crippen LogP contribution in [0.15, 0.2) is 24.0 Å². The van der Waals surface area contributed by atoms with Gasteiger partial charge in [0.05, 0.1) is 24.8 Å². The van der Waals surface area contributed by atoms with Gasteiger partial charge in [0.25, 0.3) is 5.91 Å². The Morgan fingerprint density at radius 2 is 1.86 bits per heavy atom. The highest BCUT2D eigenvalue weighted by Gasteiger charge is 2.46. The minimum Gasteiger partial charge on any atom is -0.496 e. The number of aryl methyl sites for hydroxylation is 1. The molecule has 0 saturated carbocycles. The molecule has 0 saturated heterocycles. The summed E-state index contributed by atoms with van der Waals surface area (Å²) in [6.45, 7) is 8.56. The van der Waals surface area contributed by atoms with Crippen molar-refractivity contribution in [2.24, 2.45) is 0 Å². The molecule has 1 amide bonds. The molecule has 1 N–H and O–H groups in total. The van der Waals surface area contributed by atoms with Crippen molar-refractivity contribution in [1.29, 1.82) is 0 Å². The van der Waals surface area contributed by atoms with Gasteiger partial charge in [-0.2, -0.15) is 0 Å². The number of carbonyl (C=O) groups excluding carboxylic acids is 2. The zero-order valence-corrected chi connectivity index (χ0v) is 17.2. The van der Waals surface area contributed by atoms with Gasteiger partial charge in [0.1, 0.15) is 12.4 Å². The fraction of sp³-hybridized carbons (Fsp3) is 0.524. The summed E-state index contributed by atoms with van der Waals surface area (Å²) in [5.74, 6) is 0.507. The van der Waals surface area contributed by atoms with Crippen molar-refractivity contribution >= 4 is 17.6 Å². The summed E-state index contributed by atoms with van der Waals surface area (Å²) in [5, 5.41) is 2.99. The van der Waals surface area contributed by atoms with E-state index in [1.807, 2.05) is 39.8 Å². The maximum Gasteiger partial charge on any atom is 0.513 e. The molecule has 1 aliphatic rings. The Morgan fingerprint density at radius 1 is 1.14 bits per heavy atom. The summed E-state index contributed by atoms with van der Waals surface area (Å²) in [5.41, 5.74) is 1.09. The predicted octanol–water partition coefficient (Wildman–Crippen LogP) is 3.59. The molecule has 2 rings (SSSR count). The van der Waals surface area contributed by atoms with Gasteiger partial charge in [0.15, 0.2) is 5.76 Å². The fourth-order valence-electron chi connectivity index (χ4n) is 3.27. The Balaban J connectivity index is 2.44. The van der Waals surface area contributed by atoms with Crippen LogP contribution in [0.5, 0.6) is 5.75 Å².